The molecule has 28 heavy (non-hydrogen) atoms. The van der Waals surface area contributed by atoms with Gasteiger partial charge in [0.25, 0.3) is 0 Å². The summed E-state index contributed by atoms with van der Waals surface area (Å²) in [5, 5.41) is 13.4. The SMILES string of the molecule is Fc1cc(F)cc(CN2CCC(c3nnc4ccc(N5CCC5)nn34)CC2)c1. The molecule has 6 nitrogen and oxygen atoms in total. The number of hydrogen-bond acceptors (Lipinski definition) is 5. The number of likely N-dealkylation sites (tertiary alicyclic amines) is 1. The molecule has 0 N–H and O–H groups in total. The van der Waals surface area contributed by atoms with Crippen molar-refractivity contribution in [3.63, 3.8) is 0 Å². The fourth-order valence-electron chi connectivity index (χ4n) is 4.07. The molecular formula is C20H22F2N6. The second-order valence-electron chi connectivity index (χ2n) is 7.69. The van der Waals surface area contributed by atoms with Crippen LogP contribution in [0.25, 0.3) is 5.65 Å². The summed E-state index contributed by atoms with van der Waals surface area (Å²) in [4.78, 5) is 4.48. The van der Waals surface area contributed by atoms with Crippen molar-refractivity contribution in [2.45, 2.75) is 31.7 Å². The normalized spacial score (nSPS) is 18.6. The second kappa shape index (κ2) is 7.09. The zero-order chi connectivity index (χ0) is 19.1. The van der Waals surface area contributed by atoms with Crippen LogP contribution in [0.2, 0.25) is 0 Å². The van der Waals surface area contributed by atoms with Crippen LogP contribution < -0.4 is 4.90 Å². The topological polar surface area (TPSA) is 49.6 Å². The molecule has 0 bridgehead atoms. The number of halogens is 2. The summed E-state index contributed by atoms with van der Waals surface area (Å²) in [7, 11) is 0. The van der Waals surface area contributed by atoms with Gasteiger partial charge in [-0.25, -0.2) is 8.78 Å². The van der Waals surface area contributed by atoms with Gasteiger partial charge in [-0.1, -0.05) is 0 Å². The Hall–Kier alpha value is -2.61. The standard InChI is InChI=1S/C20H22F2N6/c21-16-10-14(11-17(22)12-16)13-26-8-4-15(5-9-26)20-24-23-18-2-3-19(25-28(18)20)27-6-1-7-27/h2-3,10-12,15H,1,4-9,13H2. The van der Waals surface area contributed by atoms with E-state index < -0.39 is 11.6 Å². The van der Waals surface area contributed by atoms with Crippen LogP contribution in [0.4, 0.5) is 14.6 Å². The van der Waals surface area contributed by atoms with Crippen molar-refractivity contribution in [1.82, 2.24) is 24.7 Å². The first-order valence-electron chi connectivity index (χ1n) is 9.80. The van der Waals surface area contributed by atoms with Crippen LogP contribution >= 0.6 is 0 Å². The molecule has 0 radical (unpaired) electrons. The van der Waals surface area contributed by atoms with Crippen LogP contribution in [0, 0.1) is 11.6 Å². The lowest BCUT2D eigenvalue weighted by Gasteiger charge is -2.32. The highest BCUT2D eigenvalue weighted by Gasteiger charge is 2.26. The minimum absolute atomic E-state index is 0.287. The minimum atomic E-state index is -0.524. The lowest BCUT2D eigenvalue weighted by molar-refractivity contribution is 0.200. The molecule has 0 atom stereocenters. The van der Waals surface area contributed by atoms with E-state index in [1.807, 2.05) is 16.6 Å². The number of fused-ring (bicyclic) bond motifs is 1. The summed E-state index contributed by atoms with van der Waals surface area (Å²) < 4.78 is 28.7. The van der Waals surface area contributed by atoms with Crippen molar-refractivity contribution in [3.8, 4) is 0 Å². The van der Waals surface area contributed by atoms with E-state index in [-0.39, 0.29) is 5.92 Å². The molecule has 0 saturated carbocycles. The molecule has 0 unspecified atom stereocenters. The van der Waals surface area contributed by atoms with Crippen molar-refractivity contribution >= 4 is 11.5 Å². The van der Waals surface area contributed by atoms with Crippen molar-refractivity contribution in [1.29, 1.82) is 0 Å². The second-order valence-corrected chi connectivity index (χ2v) is 7.69. The number of benzene rings is 1. The fraction of sp³-hybridized carbons (Fsp3) is 0.450. The molecule has 2 aliphatic rings. The summed E-state index contributed by atoms with van der Waals surface area (Å²) in [5.41, 5.74) is 1.45. The van der Waals surface area contributed by atoms with E-state index in [0.29, 0.717) is 12.1 Å². The van der Waals surface area contributed by atoms with Crippen LogP contribution in [-0.4, -0.2) is 50.9 Å². The van der Waals surface area contributed by atoms with Gasteiger partial charge in [0.2, 0.25) is 0 Å². The maximum Gasteiger partial charge on any atom is 0.178 e. The molecule has 0 spiro atoms. The zero-order valence-electron chi connectivity index (χ0n) is 15.6. The number of aromatic nitrogens is 4. The Morgan fingerprint density at radius 3 is 2.36 bits per heavy atom. The predicted molar refractivity (Wildman–Crippen MR) is 101 cm³/mol. The lowest BCUT2D eigenvalue weighted by Crippen LogP contribution is -2.38. The highest BCUT2D eigenvalue weighted by molar-refractivity contribution is 5.47. The molecule has 5 rings (SSSR count). The van der Waals surface area contributed by atoms with Gasteiger partial charge in [0.1, 0.15) is 17.5 Å². The van der Waals surface area contributed by atoms with Crippen molar-refractivity contribution in [2.24, 2.45) is 0 Å². The molecule has 146 valence electrons. The molecular weight excluding hydrogens is 362 g/mol. The van der Waals surface area contributed by atoms with Gasteiger partial charge < -0.3 is 4.90 Å². The molecule has 8 heteroatoms. The number of piperidine rings is 1. The van der Waals surface area contributed by atoms with Gasteiger partial charge in [0.15, 0.2) is 11.5 Å². The Labute approximate surface area is 161 Å². The average Bonchev–Trinajstić information content (AvgIpc) is 3.03. The van der Waals surface area contributed by atoms with Gasteiger partial charge in [-0.15, -0.1) is 15.3 Å². The van der Waals surface area contributed by atoms with Gasteiger partial charge in [0.05, 0.1) is 0 Å². The summed E-state index contributed by atoms with van der Waals surface area (Å²) in [6.07, 6.45) is 3.06. The number of rotatable bonds is 4. The summed E-state index contributed by atoms with van der Waals surface area (Å²) in [6.45, 7) is 4.36. The van der Waals surface area contributed by atoms with Crippen LogP contribution in [0.3, 0.4) is 0 Å². The molecule has 2 fully saturated rings. The van der Waals surface area contributed by atoms with Crippen LogP contribution in [-0.2, 0) is 6.54 Å². The molecule has 2 aromatic heterocycles. The van der Waals surface area contributed by atoms with E-state index in [4.69, 9.17) is 5.10 Å². The quantitative estimate of drug-likeness (QED) is 0.692. The molecule has 1 aromatic carbocycles. The van der Waals surface area contributed by atoms with Gasteiger partial charge in [0, 0.05) is 31.6 Å². The number of nitrogens with zero attached hydrogens (tertiary/aromatic N) is 6. The smallest absolute Gasteiger partial charge is 0.178 e. The number of anilines is 1. The highest BCUT2D eigenvalue weighted by Crippen LogP contribution is 2.28. The Morgan fingerprint density at radius 1 is 0.929 bits per heavy atom. The first-order valence-corrected chi connectivity index (χ1v) is 9.80. The fourth-order valence-corrected chi connectivity index (χ4v) is 4.07. The van der Waals surface area contributed by atoms with E-state index in [1.165, 1.54) is 18.6 Å². The minimum Gasteiger partial charge on any atom is -0.355 e. The van der Waals surface area contributed by atoms with Crippen molar-refractivity contribution < 1.29 is 8.78 Å². The third-order valence-corrected chi connectivity index (χ3v) is 5.73. The third kappa shape index (κ3) is 3.32. The van der Waals surface area contributed by atoms with Crippen LogP contribution in [0.15, 0.2) is 30.3 Å². The Morgan fingerprint density at radius 2 is 1.68 bits per heavy atom. The van der Waals surface area contributed by atoms with E-state index in [9.17, 15) is 8.78 Å². The molecule has 2 saturated heterocycles. The molecule has 3 aromatic rings. The van der Waals surface area contributed by atoms with E-state index in [1.54, 1.807) is 0 Å². The predicted octanol–water partition coefficient (Wildman–Crippen LogP) is 2.99. The average molecular weight is 384 g/mol. The van der Waals surface area contributed by atoms with Crippen molar-refractivity contribution in [2.75, 3.05) is 31.1 Å². The Balaban J connectivity index is 1.28. The first kappa shape index (κ1) is 17.5. The van der Waals surface area contributed by atoms with Gasteiger partial charge in [-0.05, 0) is 62.2 Å². The monoisotopic (exact) mass is 384 g/mol. The summed E-state index contributed by atoms with van der Waals surface area (Å²) in [5.74, 6) is 1.13. The molecule has 0 aliphatic carbocycles. The largest absolute Gasteiger partial charge is 0.355 e. The van der Waals surface area contributed by atoms with Gasteiger partial charge >= 0.3 is 0 Å². The third-order valence-electron chi connectivity index (χ3n) is 5.73. The first-order chi connectivity index (χ1) is 13.7. The number of hydrogen-bond donors (Lipinski definition) is 0. The van der Waals surface area contributed by atoms with Crippen LogP contribution in [0.5, 0.6) is 0 Å². The van der Waals surface area contributed by atoms with E-state index in [2.05, 4.69) is 20.0 Å². The molecule has 4 heterocycles. The molecule has 2 aliphatic heterocycles. The maximum absolute atomic E-state index is 13.4. The summed E-state index contributed by atoms with van der Waals surface area (Å²) in [6, 6.07) is 7.71. The van der Waals surface area contributed by atoms with Crippen LogP contribution in [0.1, 0.15) is 36.6 Å². The zero-order valence-corrected chi connectivity index (χ0v) is 15.6. The van der Waals surface area contributed by atoms with E-state index in [0.717, 1.165) is 62.4 Å². The van der Waals surface area contributed by atoms with Gasteiger partial charge in [-0.3, -0.25) is 4.90 Å². The Kier molecular flexibility index (Phi) is 4.43. The van der Waals surface area contributed by atoms with E-state index >= 15 is 0 Å². The van der Waals surface area contributed by atoms with Gasteiger partial charge in [-0.2, -0.15) is 4.52 Å². The maximum atomic E-state index is 13.4. The lowest BCUT2D eigenvalue weighted by atomic mass is 9.95. The highest BCUT2D eigenvalue weighted by atomic mass is 19.1. The van der Waals surface area contributed by atoms with Crippen molar-refractivity contribution in [3.05, 3.63) is 53.4 Å². The molecule has 0 amide bonds. The Bertz CT molecular complexity index is 971. The summed E-state index contributed by atoms with van der Waals surface area (Å²) >= 11 is 0.